The van der Waals surface area contributed by atoms with Gasteiger partial charge in [-0.3, -0.25) is 4.79 Å². The van der Waals surface area contributed by atoms with Crippen molar-refractivity contribution in [3.8, 4) is 0 Å². The van der Waals surface area contributed by atoms with E-state index in [1.807, 2.05) is 6.92 Å². The fourth-order valence-corrected chi connectivity index (χ4v) is 2.41. The predicted molar refractivity (Wildman–Crippen MR) is 68.5 cm³/mol. The number of rotatable bonds is 6. The third kappa shape index (κ3) is 3.10. The highest BCUT2D eigenvalue weighted by molar-refractivity contribution is 5.74. The molecule has 1 atom stereocenters. The number of hydrogen-bond donors (Lipinski definition) is 2. The second-order valence-corrected chi connectivity index (χ2v) is 5.33. The number of amides is 1. The Kier molecular flexibility index (Phi) is 3.85. The van der Waals surface area contributed by atoms with Gasteiger partial charge in [0.2, 0.25) is 5.91 Å². The summed E-state index contributed by atoms with van der Waals surface area (Å²) in [6.07, 6.45) is 1.72. The highest BCUT2D eigenvalue weighted by Crippen LogP contribution is 2.49. The Morgan fingerprint density at radius 1 is 1.42 bits per heavy atom. The maximum absolute atomic E-state index is 13.8. The lowest BCUT2D eigenvalue weighted by atomic mass is 9.94. The van der Waals surface area contributed by atoms with Crippen molar-refractivity contribution >= 4 is 5.91 Å². The van der Waals surface area contributed by atoms with Crippen molar-refractivity contribution in [3.05, 3.63) is 35.4 Å². The summed E-state index contributed by atoms with van der Waals surface area (Å²) in [6.45, 7) is 2.29. The van der Waals surface area contributed by atoms with Crippen molar-refractivity contribution in [2.45, 2.75) is 37.6 Å². The van der Waals surface area contributed by atoms with Crippen LogP contribution in [0, 0.1) is 11.6 Å². The fourth-order valence-electron chi connectivity index (χ4n) is 2.41. The van der Waals surface area contributed by atoms with Crippen molar-refractivity contribution in [2.75, 3.05) is 6.54 Å². The fraction of sp³-hybridized carbons (Fsp3) is 0.500. The molecule has 1 fully saturated rings. The summed E-state index contributed by atoms with van der Waals surface area (Å²) in [6, 6.07) is 3.84. The maximum Gasteiger partial charge on any atom is 0.218 e. The van der Waals surface area contributed by atoms with Crippen LogP contribution in [0.15, 0.2) is 18.2 Å². The third-order valence-corrected chi connectivity index (χ3v) is 3.64. The van der Waals surface area contributed by atoms with Crippen LogP contribution in [0.4, 0.5) is 8.78 Å². The average molecular weight is 268 g/mol. The van der Waals surface area contributed by atoms with Gasteiger partial charge in [0.1, 0.15) is 11.6 Å². The second kappa shape index (κ2) is 5.25. The average Bonchev–Trinajstić information content (AvgIpc) is 3.06. The van der Waals surface area contributed by atoms with E-state index in [1.54, 1.807) is 0 Å². The highest BCUT2D eigenvalue weighted by atomic mass is 19.1. The topological polar surface area (TPSA) is 55.1 Å². The van der Waals surface area contributed by atoms with E-state index in [2.05, 4.69) is 5.32 Å². The summed E-state index contributed by atoms with van der Waals surface area (Å²) in [4.78, 5) is 10.8. The molecule has 1 aliphatic rings. The molecule has 0 aromatic heterocycles. The number of nitrogens with one attached hydrogen (secondary N) is 1. The van der Waals surface area contributed by atoms with E-state index < -0.39 is 17.0 Å². The molecule has 0 aliphatic heterocycles. The van der Waals surface area contributed by atoms with Crippen LogP contribution in [0.3, 0.4) is 0 Å². The Morgan fingerprint density at radius 3 is 2.47 bits per heavy atom. The summed E-state index contributed by atoms with van der Waals surface area (Å²) in [5.41, 5.74) is 4.80. The van der Waals surface area contributed by atoms with E-state index in [-0.39, 0.29) is 23.9 Å². The van der Waals surface area contributed by atoms with Crippen molar-refractivity contribution < 1.29 is 13.6 Å². The molecule has 104 valence electrons. The van der Waals surface area contributed by atoms with Crippen LogP contribution in [-0.2, 0) is 10.2 Å². The molecule has 5 heteroatoms. The van der Waals surface area contributed by atoms with Crippen LogP contribution < -0.4 is 11.1 Å². The molecular weight excluding hydrogens is 250 g/mol. The number of carbonyl (C=O) groups excluding carboxylic acids is 1. The van der Waals surface area contributed by atoms with Gasteiger partial charge in [0, 0.05) is 30.0 Å². The quantitative estimate of drug-likeness (QED) is 0.827. The Morgan fingerprint density at radius 2 is 2.00 bits per heavy atom. The van der Waals surface area contributed by atoms with Gasteiger partial charge in [-0.05, 0) is 31.9 Å². The minimum absolute atomic E-state index is 0.0928. The monoisotopic (exact) mass is 268 g/mol. The van der Waals surface area contributed by atoms with Crippen LogP contribution in [0.1, 0.15) is 31.7 Å². The molecule has 3 N–H and O–H groups in total. The van der Waals surface area contributed by atoms with E-state index in [4.69, 9.17) is 5.73 Å². The molecule has 3 nitrogen and oxygen atoms in total. The first-order valence-electron chi connectivity index (χ1n) is 6.41. The standard InChI is InChI=1S/C14H18F2N2O/c1-9(7-12(17)19)18-8-14(5-6-14)13-10(15)3-2-4-11(13)16/h2-4,9,18H,5-8H2,1H3,(H2,17,19)/t9-/m0/s1. The minimum Gasteiger partial charge on any atom is -0.370 e. The lowest BCUT2D eigenvalue weighted by Crippen LogP contribution is -2.37. The van der Waals surface area contributed by atoms with Gasteiger partial charge >= 0.3 is 0 Å². The molecule has 1 aliphatic carbocycles. The van der Waals surface area contributed by atoms with Crippen molar-refractivity contribution in [1.29, 1.82) is 0 Å². The Hall–Kier alpha value is -1.49. The summed E-state index contributed by atoms with van der Waals surface area (Å²) in [5.74, 6) is -1.38. The van der Waals surface area contributed by atoms with E-state index >= 15 is 0 Å². The molecule has 19 heavy (non-hydrogen) atoms. The molecule has 0 unspecified atom stereocenters. The number of nitrogens with two attached hydrogens (primary N) is 1. The lowest BCUT2D eigenvalue weighted by molar-refractivity contribution is -0.118. The van der Waals surface area contributed by atoms with Gasteiger partial charge in [-0.15, -0.1) is 0 Å². The van der Waals surface area contributed by atoms with Crippen LogP contribution in [0.25, 0.3) is 0 Å². The summed E-state index contributed by atoms with van der Waals surface area (Å²) in [7, 11) is 0. The molecule has 0 bridgehead atoms. The molecule has 1 aromatic rings. The summed E-state index contributed by atoms with van der Waals surface area (Å²) in [5, 5.41) is 3.14. The van der Waals surface area contributed by atoms with Gasteiger partial charge < -0.3 is 11.1 Å². The number of benzene rings is 1. The molecule has 0 heterocycles. The zero-order chi connectivity index (χ0) is 14.0. The first-order valence-corrected chi connectivity index (χ1v) is 6.41. The molecule has 1 aromatic carbocycles. The van der Waals surface area contributed by atoms with E-state index in [1.165, 1.54) is 18.2 Å². The van der Waals surface area contributed by atoms with Gasteiger partial charge in [0.05, 0.1) is 0 Å². The molecule has 2 rings (SSSR count). The second-order valence-electron chi connectivity index (χ2n) is 5.33. The van der Waals surface area contributed by atoms with Crippen LogP contribution >= 0.6 is 0 Å². The van der Waals surface area contributed by atoms with Crippen LogP contribution in [0.5, 0.6) is 0 Å². The number of carbonyl (C=O) groups is 1. The van der Waals surface area contributed by atoms with Gasteiger partial charge in [-0.1, -0.05) is 6.07 Å². The predicted octanol–water partition coefficient (Wildman–Crippen LogP) is 1.85. The summed E-state index contributed by atoms with van der Waals surface area (Å²) < 4.78 is 27.6. The molecule has 0 saturated heterocycles. The molecule has 0 spiro atoms. The maximum atomic E-state index is 13.8. The highest BCUT2D eigenvalue weighted by Gasteiger charge is 2.47. The first-order chi connectivity index (χ1) is 8.94. The first kappa shape index (κ1) is 13.9. The minimum atomic E-state index is -0.498. The van der Waals surface area contributed by atoms with Crippen LogP contribution in [0.2, 0.25) is 0 Å². The SMILES string of the molecule is C[C@@H](CC(N)=O)NCC1(c2c(F)cccc2F)CC1. The third-order valence-electron chi connectivity index (χ3n) is 3.64. The van der Waals surface area contributed by atoms with E-state index in [9.17, 15) is 13.6 Å². The zero-order valence-corrected chi connectivity index (χ0v) is 10.9. The summed E-state index contributed by atoms with van der Waals surface area (Å²) >= 11 is 0. The number of primary amides is 1. The van der Waals surface area contributed by atoms with Crippen molar-refractivity contribution in [3.63, 3.8) is 0 Å². The molecule has 1 saturated carbocycles. The van der Waals surface area contributed by atoms with E-state index in [0.717, 1.165) is 12.8 Å². The van der Waals surface area contributed by atoms with Gasteiger partial charge in [0.15, 0.2) is 0 Å². The Bertz CT molecular complexity index is 466. The Balaban J connectivity index is 2.06. The van der Waals surface area contributed by atoms with Crippen molar-refractivity contribution in [1.82, 2.24) is 5.32 Å². The molecule has 0 radical (unpaired) electrons. The van der Waals surface area contributed by atoms with Crippen molar-refractivity contribution in [2.24, 2.45) is 5.73 Å². The lowest BCUT2D eigenvalue weighted by Gasteiger charge is -2.21. The molecular formula is C14H18F2N2O. The largest absolute Gasteiger partial charge is 0.370 e. The van der Waals surface area contributed by atoms with Crippen LogP contribution in [-0.4, -0.2) is 18.5 Å². The number of halogens is 2. The van der Waals surface area contributed by atoms with Gasteiger partial charge in [-0.2, -0.15) is 0 Å². The molecule has 1 amide bonds. The zero-order valence-electron chi connectivity index (χ0n) is 10.9. The smallest absolute Gasteiger partial charge is 0.218 e. The Labute approximate surface area is 111 Å². The number of hydrogen-bond acceptors (Lipinski definition) is 2. The normalized spacial score (nSPS) is 18.1. The van der Waals surface area contributed by atoms with Gasteiger partial charge in [-0.25, -0.2) is 8.78 Å². The van der Waals surface area contributed by atoms with E-state index in [0.29, 0.717) is 6.54 Å². The van der Waals surface area contributed by atoms with Gasteiger partial charge in [0.25, 0.3) is 0 Å².